The van der Waals surface area contributed by atoms with E-state index in [1.807, 2.05) is 0 Å². The molecule has 2 saturated carbocycles. The smallest absolute Gasteiger partial charge is 0.319 e. The molecular weight excluding hydrogens is 429 g/mol. The number of nitrogens with zero attached hydrogens (tertiary/aromatic N) is 3. The maximum absolute atomic E-state index is 13.3. The first-order chi connectivity index (χ1) is 13.2. The van der Waals surface area contributed by atoms with E-state index in [-0.39, 0.29) is 17.5 Å². The monoisotopic (exact) mass is 444 g/mol. The van der Waals surface area contributed by atoms with Gasteiger partial charge < -0.3 is 10.6 Å². The van der Waals surface area contributed by atoms with Crippen LogP contribution in [0.15, 0.2) is 15.4 Å². The zero-order valence-electron chi connectivity index (χ0n) is 14.5. The van der Waals surface area contributed by atoms with E-state index < -0.39 is 66.5 Å². The van der Waals surface area contributed by atoms with Crippen molar-refractivity contribution in [2.24, 2.45) is 21.6 Å². The van der Waals surface area contributed by atoms with Gasteiger partial charge in [0.15, 0.2) is 22.6 Å². The number of guanidine groups is 1. The average molecular weight is 444 g/mol. The molecule has 3 aliphatic rings. The van der Waals surface area contributed by atoms with Crippen molar-refractivity contribution in [2.45, 2.75) is 55.5 Å². The fraction of sp³-hybridized carbons (Fsp3) is 0.667. The SMILES string of the molecule is NC1(C2CC(F)(F)C2)N=C(c2csc(C(F)(F)F)n2)NC(=NC2CC(F)(F)C2)N1. The summed E-state index contributed by atoms with van der Waals surface area (Å²) in [7, 11) is 0. The van der Waals surface area contributed by atoms with Gasteiger partial charge in [-0.15, -0.1) is 11.3 Å². The van der Waals surface area contributed by atoms with E-state index in [1.165, 1.54) is 0 Å². The number of alkyl halides is 7. The number of nitrogens with two attached hydrogens (primary N) is 1. The molecule has 0 aromatic carbocycles. The second kappa shape index (κ2) is 6.27. The Morgan fingerprint density at radius 2 is 1.72 bits per heavy atom. The fourth-order valence-corrected chi connectivity index (χ4v) is 4.01. The molecule has 1 atom stereocenters. The molecule has 1 aromatic rings. The minimum Gasteiger partial charge on any atom is -0.319 e. The van der Waals surface area contributed by atoms with Crippen molar-refractivity contribution in [2.75, 3.05) is 0 Å². The summed E-state index contributed by atoms with van der Waals surface area (Å²) in [4.78, 5) is 11.6. The maximum Gasteiger partial charge on any atom is 0.443 e. The number of amidine groups is 1. The van der Waals surface area contributed by atoms with Crippen molar-refractivity contribution >= 4 is 23.1 Å². The van der Waals surface area contributed by atoms with Crippen molar-refractivity contribution in [3.05, 3.63) is 16.1 Å². The first-order valence-electron chi connectivity index (χ1n) is 8.55. The summed E-state index contributed by atoms with van der Waals surface area (Å²) in [5.74, 6) is -8.69. The van der Waals surface area contributed by atoms with E-state index in [4.69, 9.17) is 5.73 Å². The highest BCUT2D eigenvalue weighted by Gasteiger charge is 2.55. The molecule has 2 aliphatic carbocycles. The molecule has 2 heterocycles. The standard InChI is InChI=1S/C15H15F7N6S/c16-12(17)1-6(2-12)15(23)27-9(8-5-29-10(25-8)14(20,21)22)26-11(28-15)24-7-3-13(18,19)4-7/h5-7H,1-4,23H2,(H2,24,26,27,28). The van der Waals surface area contributed by atoms with Gasteiger partial charge in [0.05, 0.1) is 6.04 Å². The van der Waals surface area contributed by atoms with Crippen molar-refractivity contribution in [1.29, 1.82) is 0 Å². The minimum atomic E-state index is -4.67. The topological polar surface area (TPSA) is 87.7 Å². The molecule has 6 nitrogen and oxygen atoms in total. The van der Waals surface area contributed by atoms with E-state index in [9.17, 15) is 30.7 Å². The summed E-state index contributed by atoms with van der Waals surface area (Å²) >= 11 is 0.332. The van der Waals surface area contributed by atoms with Crippen LogP contribution in [-0.2, 0) is 6.18 Å². The van der Waals surface area contributed by atoms with Gasteiger partial charge in [-0.05, 0) is 0 Å². The van der Waals surface area contributed by atoms with Gasteiger partial charge in [0.2, 0.25) is 5.92 Å². The van der Waals surface area contributed by atoms with Crippen LogP contribution in [0.3, 0.4) is 0 Å². The molecule has 0 amide bonds. The Kier molecular flexibility index (Phi) is 4.39. The van der Waals surface area contributed by atoms with E-state index in [1.54, 1.807) is 0 Å². The summed E-state index contributed by atoms with van der Waals surface area (Å²) < 4.78 is 91.3. The first-order valence-corrected chi connectivity index (χ1v) is 9.43. The summed E-state index contributed by atoms with van der Waals surface area (Å²) in [5.41, 5.74) is 5.94. The van der Waals surface area contributed by atoms with Crippen LogP contribution in [0, 0.1) is 5.92 Å². The van der Waals surface area contributed by atoms with Gasteiger partial charge in [-0.25, -0.2) is 32.5 Å². The quantitative estimate of drug-likeness (QED) is 0.626. The summed E-state index contributed by atoms with van der Waals surface area (Å²) in [5, 5.41) is 5.20. The van der Waals surface area contributed by atoms with Crippen molar-refractivity contribution in [3.8, 4) is 0 Å². The van der Waals surface area contributed by atoms with Gasteiger partial charge in [-0.1, -0.05) is 0 Å². The summed E-state index contributed by atoms with van der Waals surface area (Å²) in [6.07, 6.45) is -6.82. The van der Waals surface area contributed by atoms with Crippen molar-refractivity contribution in [1.82, 2.24) is 15.6 Å². The zero-order chi connectivity index (χ0) is 21.2. The second-order valence-corrected chi connectivity index (χ2v) is 8.29. The number of nitrogens with one attached hydrogen (secondary N) is 2. The Bertz CT molecular complexity index is 863. The molecule has 29 heavy (non-hydrogen) atoms. The molecule has 4 rings (SSSR count). The van der Waals surface area contributed by atoms with Crippen LogP contribution in [0.5, 0.6) is 0 Å². The van der Waals surface area contributed by atoms with Crippen LogP contribution in [0.25, 0.3) is 0 Å². The van der Waals surface area contributed by atoms with E-state index in [0.717, 1.165) is 5.38 Å². The Morgan fingerprint density at radius 1 is 1.10 bits per heavy atom. The van der Waals surface area contributed by atoms with Gasteiger partial charge in [0, 0.05) is 37.0 Å². The Labute approximate surface area is 163 Å². The number of hydrogen-bond donors (Lipinski definition) is 3. The predicted octanol–water partition coefficient (Wildman–Crippen LogP) is 2.91. The molecule has 0 bridgehead atoms. The second-order valence-electron chi connectivity index (χ2n) is 7.43. The van der Waals surface area contributed by atoms with Crippen LogP contribution in [0.4, 0.5) is 30.7 Å². The van der Waals surface area contributed by atoms with Gasteiger partial charge in [0.1, 0.15) is 5.69 Å². The Hall–Kier alpha value is -1.96. The predicted molar refractivity (Wildman–Crippen MR) is 89.9 cm³/mol. The maximum atomic E-state index is 13.3. The zero-order valence-corrected chi connectivity index (χ0v) is 15.3. The highest BCUT2D eigenvalue weighted by atomic mass is 32.1. The van der Waals surface area contributed by atoms with Crippen LogP contribution in [-0.4, -0.2) is 40.5 Å². The van der Waals surface area contributed by atoms with Crippen LogP contribution in [0.1, 0.15) is 36.4 Å². The molecule has 1 aliphatic heterocycles. The fourth-order valence-electron chi connectivity index (χ4n) is 3.34. The third kappa shape index (κ3) is 4.04. The lowest BCUT2D eigenvalue weighted by molar-refractivity contribution is -0.137. The minimum absolute atomic E-state index is 0.116. The molecular formula is C15H15F7N6S. The van der Waals surface area contributed by atoms with E-state index in [2.05, 4.69) is 25.6 Å². The number of rotatable bonds is 3. The molecule has 0 spiro atoms. The van der Waals surface area contributed by atoms with Gasteiger partial charge >= 0.3 is 6.18 Å². The molecule has 0 saturated heterocycles. The molecule has 1 aromatic heterocycles. The highest BCUT2D eigenvalue weighted by molar-refractivity contribution is 7.10. The molecule has 4 N–H and O–H groups in total. The number of aliphatic imine (C=N–C) groups is 2. The molecule has 2 fully saturated rings. The number of halogens is 7. The van der Waals surface area contributed by atoms with Crippen LogP contribution >= 0.6 is 11.3 Å². The van der Waals surface area contributed by atoms with E-state index in [0.29, 0.717) is 11.3 Å². The van der Waals surface area contributed by atoms with Gasteiger partial charge in [-0.2, -0.15) is 13.2 Å². The lowest BCUT2D eigenvalue weighted by Gasteiger charge is -2.46. The molecule has 14 heteroatoms. The van der Waals surface area contributed by atoms with E-state index >= 15 is 0 Å². The van der Waals surface area contributed by atoms with Crippen molar-refractivity contribution < 1.29 is 30.7 Å². The molecule has 1 unspecified atom stereocenters. The average Bonchev–Trinajstić information content (AvgIpc) is 3.00. The summed E-state index contributed by atoms with van der Waals surface area (Å²) in [6, 6.07) is -0.743. The Morgan fingerprint density at radius 3 is 2.24 bits per heavy atom. The lowest BCUT2D eigenvalue weighted by atomic mass is 9.76. The van der Waals surface area contributed by atoms with Gasteiger partial charge in [0.25, 0.3) is 5.92 Å². The largest absolute Gasteiger partial charge is 0.443 e. The highest BCUT2D eigenvalue weighted by Crippen LogP contribution is 2.47. The third-order valence-electron chi connectivity index (χ3n) is 4.93. The number of aromatic nitrogens is 1. The third-order valence-corrected chi connectivity index (χ3v) is 5.82. The Balaban J connectivity index is 1.63. The summed E-state index contributed by atoms with van der Waals surface area (Å²) in [6.45, 7) is 0. The normalized spacial score (nSPS) is 30.8. The first kappa shape index (κ1) is 20.3. The van der Waals surface area contributed by atoms with Crippen molar-refractivity contribution in [3.63, 3.8) is 0 Å². The van der Waals surface area contributed by atoms with Crippen LogP contribution in [0.2, 0.25) is 0 Å². The molecule has 0 radical (unpaired) electrons. The number of thiazole rings is 1. The number of hydrogen-bond acceptors (Lipinski definition) is 5. The van der Waals surface area contributed by atoms with Crippen LogP contribution < -0.4 is 16.4 Å². The lowest BCUT2D eigenvalue weighted by Crippen LogP contribution is -2.70. The van der Waals surface area contributed by atoms with Gasteiger partial charge in [-0.3, -0.25) is 5.73 Å². The molecule has 160 valence electrons.